The standard InChI is InChI=1S/C25H31ClN6O4S/c1-16(2)15-20(21(33)36-25(3,4)5)28-24-30-22(26)29-23(31-24)27-17-11-13-18(14-12-17)32-37(34,35)19-9-7-6-8-10-19/h6-14,16,20,32H,15H2,1-5H3,(H2,27,28,29,30,31)/t20-/m0/s1. The first-order valence-electron chi connectivity index (χ1n) is 11.7. The molecule has 2 aromatic carbocycles. The second kappa shape index (κ2) is 11.7. The van der Waals surface area contributed by atoms with Crippen LogP contribution in [0.5, 0.6) is 0 Å². The molecule has 0 fully saturated rings. The van der Waals surface area contributed by atoms with Crippen LogP contribution in [-0.4, -0.2) is 41.0 Å². The van der Waals surface area contributed by atoms with Crippen LogP contribution >= 0.6 is 11.6 Å². The molecular formula is C25H31ClN6O4S. The van der Waals surface area contributed by atoms with Crippen molar-refractivity contribution in [1.82, 2.24) is 15.0 Å². The molecule has 12 heteroatoms. The summed E-state index contributed by atoms with van der Waals surface area (Å²) in [6.45, 7) is 9.40. The molecule has 1 aromatic heterocycles. The normalized spacial score (nSPS) is 12.6. The van der Waals surface area contributed by atoms with Gasteiger partial charge in [0.25, 0.3) is 10.0 Å². The summed E-state index contributed by atoms with van der Waals surface area (Å²) in [5.74, 6) is 0.0531. The molecule has 198 valence electrons. The van der Waals surface area contributed by atoms with Gasteiger partial charge >= 0.3 is 5.97 Å². The monoisotopic (exact) mass is 546 g/mol. The minimum atomic E-state index is -3.70. The molecule has 37 heavy (non-hydrogen) atoms. The van der Waals surface area contributed by atoms with E-state index in [9.17, 15) is 13.2 Å². The average Bonchev–Trinajstić information content (AvgIpc) is 2.78. The molecule has 0 bridgehead atoms. The number of benzene rings is 2. The molecule has 10 nitrogen and oxygen atoms in total. The summed E-state index contributed by atoms with van der Waals surface area (Å²) in [5, 5.41) is 5.95. The number of sulfonamides is 1. The molecule has 0 aliphatic carbocycles. The van der Waals surface area contributed by atoms with Gasteiger partial charge in [0.15, 0.2) is 0 Å². The van der Waals surface area contributed by atoms with Crippen molar-refractivity contribution >= 4 is 50.9 Å². The molecule has 0 aliphatic rings. The molecule has 1 atom stereocenters. The summed E-state index contributed by atoms with van der Waals surface area (Å²) in [5.41, 5.74) is 0.333. The number of ether oxygens (including phenoxy) is 1. The molecular weight excluding hydrogens is 516 g/mol. The average molecular weight is 547 g/mol. The number of hydrogen-bond acceptors (Lipinski definition) is 9. The van der Waals surface area contributed by atoms with Crippen molar-refractivity contribution in [2.45, 2.75) is 57.6 Å². The summed E-state index contributed by atoms with van der Waals surface area (Å²) in [7, 11) is -3.70. The Morgan fingerprint density at radius 3 is 2.14 bits per heavy atom. The molecule has 0 spiro atoms. The highest BCUT2D eigenvalue weighted by atomic mass is 35.5. The first kappa shape index (κ1) is 28.1. The minimum absolute atomic E-state index is 0.0697. The highest BCUT2D eigenvalue weighted by molar-refractivity contribution is 7.92. The van der Waals surface area contributed by atoms with Crippen LogP contribution in [0.15, 0.2) is 59.5 Å². The van der Waals surface area contributed by atoms with Gasteiger partial charge in [0.2, 0.25) is 17.2 Å². The van der Waals surface area contributed by atoms with Crippen LogP contribution < -0.4 is 15.4 Å². The van der Waals surface area contributed by atoms with Crippen LogP contribution in [-0.2, 0) is 19.6 Å². The zero-order chi connectivity index (χ0) is 27.2. The van der Waals surface area contributed by atoms with E-state index < -0.39 is 27.6 Å². The number of anilines is 4. The SMILES string of the molecule is CC(C)C[C@H](Nc1nc(Cl)nc(Nc2ccc(NS(=O)(=O)c3ccccc3)cc2)n1)C(=O)OC(C)(C)C. The van der Waals surface area contributed by atoms with E-state index in [4.69, 9.17) is 16.3 Å². The fourth-order valence-corrected chi connectivity index (χ4v) is 4.49. The van der Waals surface area contributed by atoms with E-state index in [0.717, 1.165) is 0 Å². The predicted molar refractivity (Wildman–Crippen MR) is 145 cm³/mol. The van der Waals surface area contributed by atoms with Crippen molar-refractivity contribution in [2.24, 2.45) is 5.92 Å². The highest BCUT2D eigenvalue weighted by Gasteiger charge is 2.27. The van der Waals surface area contributed by atoms with Crippen LogP contribution in [0.25, 0.3) is 0 Å². The third kappa shape index (κ3) is 8.87. The van der Waals surface area contributed by atoms with Crippen LogP contribution in [0.4, 0.5) is 23.3 Å². The van der Waals surface area contributed by atoms with E-state index in [2.05, 4.69) is 30.3 Å². The number of nitrogens with zero attached hydrogens (tertiary/aromatic N) is 3. The van der Waals surface area contributed by atoms with Crippen molar-refractivity contribution in [3.05, 3.63) is 59.9 Å². The van der Waals surface area contributed by atoms with E-state index in [1.54, 1.807) is 63.2 Å². The molecule has 0 aliphatic heterocycles. The maximum atomic E-state index is 12.7. The van der Waals surface area contributed by atoms with Crippen molar-refractivity contribution < 1.29 is 17.9 Å². The Balaban J connectivity index is 1.73. The van der Waals surface area contributed by atoms with Crippen LogP contribution in [0.2, 0.25) is 5.28 Å². The summed E-state index contributed by atoms with van der Waals surface area (Å²) in [6, 6.07) is 13.9. The lowest BCUT2D eigenvalue weighted by Crippen LogP contribution is -2.38. The van der Waals surface area contributed by atoms with Crippen molar-refractivity contribution in [2.75, 3.05) is 15.4 Å². The lowest BCUT2D eigenvalue weighted by molar-refractivity contribution is -0.156. The van der Waals surface area contributed by atoms with Crippen molar-refractivity contribution in [1.29, 1.82) is 0 Å². The van der Waals surface area contributed by atoms with E-state index in [1.165, 1.54) is 12.1 Å². The zero-order valence-corrected chi connectivity index (χ0v) is 22.9. The molecule has 0 unspecified atom stereocenters. The molecule has 0 saturated heterocycles. The fraction of sp³-hybridized carbons (Fsp3) is 0.360. The molecule has 3 rings (SSSR count). The van der Waals surface area contributed by atoms with Gasteiger partial charge in [-0.15, -0.1) is 0 Å². The van der Waals surface area contributed by atoms with Crippen molar-refractivity contribution in [3.8, 4) is 0 Å². The Labute approximate surface area is 222 Å². The van der Waals surface area contributed by atoms with E-state index in [0.29, 0.717) is 17.8 Å². The molecule has 0 radical (unpaired) electrons. The van der Waals surface area contributed by atoms with Gasteiger partial charge in [-0.2, -0.15) is 15.0 Å². The highest BCUT2D eigenvalue weighted by Crippen LogP contribution is 2.22. The second-order valence-electron chi connectivity index (χ2n) is 9.73. The Morgan fingerprint density at radius 2 is 1.54 bits per heavy atom. The van der Waals surface area contributed by atoms with E-state index in [1.807, 2.05) is 13.8 Å². The van der Waals surface area contributed by atoms with Gasteiger partial charge in [0.1, 0.15) is 11.6 Å². The molecule has 3 N–H and O–H groups in total. The third-order valence-corrected chi connectivity index (χ3v) is 6.32. The molecule has 3 aromatic rings. The Hall–Kier alpha value is -3.44. The number of carbonyl (C=O) groups is 1. The summed E-state index contributed by atoms with van der Waals surface area (Å²) in [6.07, 6.45) is 0.501. The Morgan fingerprint density at radius 1 is 0.946 bits per heavy atom. The van der Waals surface area contributed by atoms with Crippen LogP contribution in [0.1, 0.15) is 41.0 Å². The summed E-state index contributed by atoms with van der Waals surface area (Å²) in [4.78, 5) is 25.4. The molecule has 1 heterocycles. The van der Waals surface area contributed by atoms with E-state index in [-0.39, 0.29) is 28.0 Å². The van der Waals surface area contributed by atoms with Gasteiger partial charge < -0.3 is 15.4 Å². The first-order valence-corrected chi connectivity index (χ1v) is 13.5. The number of esters is 1. The number of nitrogens with one attached hydrogen (secondary N) is 3. The first-order chi connectivity index (χ1) is 17.3. The number of hydrogen-bond donors (Lipinski definition) is 3. The largest absolute Gasteiger partial charge is 0.458 e. The number of aromatic nitrogens is 3. The second-order valence-corrected chi connectivity index (χ2v) is 11.8. The zero-order valence-electron chi connectivity index (χ0n) is 21.3. The fourth-order valence-electron chi connectivity index (χ4n) is 3.25. The topological polar surface area (TPSA) is 135 Å². The Bertz CT molecular complexity index is 1310. The third-order valence-electron chi connectivity index (χ3n) is 4.76. The molecule has 0 saturated carbocycles. The smallest absolute Gasteiger partial charge is 0.329 e. The molecule has 0 amide bonds. The lowest BCUT2D eigenvalue weighted by atomic mass is 10.0. The van der Waals surface area contributed by atoms with E-state index >= 15 is 0 Å². The van der Waals surface area contributed by atoms with Crippen molar-refractivity contribution in [3.63, 3.8) is 0 Å². The maximum absolute atomic E-state index is 12.7. The summed E-state index contributed by atoms with van der Waals surface area (Å²) >= 11 is 6.11. The predicted octanol–water partition coefficient (Wildman–Crippen LogP) is 5.24. The van der Waals surface area contributed by atoms with Gasteiger partial charge in [-0.1, -0.05) is 32.0 Å². The van der Waals surface area contributed by atoms with Gasteiger partial charge in [0.05, 0.1) is 4.90 Å². The minimum Gasteiger partial charge on any atom is -0.458 e. The maximum Gasteiger partial charge on any atom is 0.329 e. The van der Waals surface area contributed by atoms with Crippen LogP contribution in [0, 0.1) is 5.92 Å². The summed E-state index contributed by atoms with van der Waals surface area (Å²) < 4.78 is 33.1. The lowest BCUT2D eigenvalue weighted by Gasteiger charge is -2.25. The Kier molecular flexibility index (Phi) is 8.93. The number of rotatable bonds is 10. The quantitative estimate of drug-likeness (QED) is 0.292. The van der Waals surface area contributed by atoms with Gasteiger partial charge in [0, 0.05) is 11.4 Å². The number of carbonyl (C=O) groups excluding carboxylic acids is 1. The van der Waals surface area contributed by atoms with Crippen LogP contribution in [0.3, 0.4) is 0 Å². The van der Waals surface area contributed by atoms with Gasteiger partial charge in [-0.25, -0.2) is 13.2 Å². The number of halogens is 1. The van der Waals surface area contributed by atoms with Gasteiger partial charge in [-0.05, 0) is 81.1 Å². The van der Waals surface area contributed by atoms with Gasteiger partial charge in [-0.3, -0.25) is 4.72 Å².